The first-order valence-electron chi connectivity index (χ1n) is 5.41. The number of nitrogens with two attached hydrogens (primary N) is 1. The van der Waals surface area contributed by atoms with Crippen molar-refractivity contribution in [3.05, 3.63) is 18.2 Å². The Morgan fingerprint density at radius 2 is 1.89 bits per heavy atom. The standard InChI is InChI=1S/C10H16N2O5S2/c1-3-6-18(13,14)12-8-4-5-10(19(11,15)16)9(7-8)17-2/h4-5,7,12H,3,6H2,1-2H3,(H2,11,15,16). The molecule has 0 unspecified atom stereocenters. The number of benzene rings is 1. The van der Waals surface area contributed by atoms with E-state index in [-0.39, 0.29) is 22.1 Å². The van der Waals surface area contributed by atoms with Crippen LogP contribution in [0.3, 0.4) is 0 Å². The highest BCUT2D eigenvalue weighted by Gasteiger charge is 2.16. The molecule has 0 saturated carbocycles. The summed E-state index contributed by atoms with van der Waals surface area (Å²) in [5.41, 5.74) is 0.220. The van der Waals surface area contributed by atoms with Crippen LogP contribution in [0.1, 0.15) is 13.3 Å². The van der Waals surface area contributed by atoms with E-state index in [2.05, 4.69) is 4.72 Å². The summed E-state index contributed by atoms with van der Waals surface area (Å²) >= 11 is 0. The van der Waals surface area contributed by atoms with Gasteiger partial charge in [-0.15, -0.1) is 0 Å². The normalized spacial score (nSPS) is 12.2. The number of hydrogen-bond donors (Lipinski definition) is 2. The maximum absolute atomic E-state index is 11.6. The maximum atomic E-state index is 11.6. The van der Waals surface area contributed by atoms with Crippen LogP contribution in [0.4, 0.5) is 5.69 Å². The van der Waals surface area contributed by atoms with Crippen LogP contribution in [0.5, 0.6) is 5.75 Å². The van der Waals surface area contributed by atoms with E-state index in [0.717, 1.165) is 0 Å². The molecule has 7 nitrogen and oxygen atoms in total. The number of hydrogen-bond acceptors (Lipinski definition) is 5. The molecule has 0 fully saturated rings. The second kappa shape index (κ2) is 5.76. The third-order valence-electron chi connectivity index (χ3n) is 2.22. The van der Waals surface area contributed by atoms with Crippen molar-refractivity contribution in [3.8, 4) is 5.75 Å². The summed E-state index contributed by atoms with van der Waals surface area (Å²) in [5.74, 6) is -0.0362. The average Bonchev–Trinajstić information content (AvgIpc) is 2.26. The lowest BCUT2D eigenvalue weighted by Crippen LogP contribution is -2.17. The Kier molecular flexibility index (Phi) is 4.77. The fourth-order valence-electron chi connectivity index (χ4n) is 1.47. The van der Waals surface area contributed by atoms with Gasteiger partial charge in [-0.25, -0.2) is 22.0 Å². The van der Waals surface area contributed by atoms with Crippen molar-refractivity contribution < 1.29 is 21.6 Å². The van der Waals surface area contributed by atoms with Gasteiger partial charge in [0, 0.05) is 6.07 Å². The van der Waals surface area contributed by atoms with Gasteiger partial charge < -0.3 is 4.74 Å². The highest BCUT2D eigenvalue weighted by molar-refractivity contribution is 7.92. The van der Waals surface area contributed by atoms with Crippen LogP contribution in [0.15, 0.2) is 23.1 Å². The number of anilines is 1. The van der Waals surface area contributed by atoms with Crippen molar-refractivity contribution in [2.24, 2.45) is 5.14 Å². The molecule has 9 heteroatoms. The predicted octanol–water partition coefficient (Wildman–Crippen LogP) is 0.494. The number of sulfonamides is 2. The van der Waals surface area contributed by atoms with Gasteiger partial charge in [0.05, 0.1) is 18.6 Å². The van der Waals surface area contributed by atoms with Crippen molar-refractivity contribution in [2.45, 2.75) is 18.2 Å². The van der Waals surface area contributed by atoms with Gasteiger partial charge >= 0.3 is 0 Å². The number of rotatable bonds is 6. The molecular formula is C10H16N2O5S2. The molecule has 0 aliphatic rings. The second-order valence-corrected chi connectivity index (χ2v) is 7.20. The van der Waals surface area contributed by atoms with Crippen LogP contribution in [0, 0.1) is 0 Å². The van der Waals surface area contributed by atoms with E-state index in [0.29, 0.717) is 6.42 Å². The first-order valence-corrected chi connectivity index (χ1v) is 8.61. The molecule has 3 N–H and O–H groups in total. The molecule has 1 aromatic rings. The molecule has 108 valence electrons. The topological polar surface area (TPSA) is 116 Å². The summed E-state index contributed by atoms with van der Waals surface area (Å²) in [7, 11) is -6.09. The molecule has 0 radical (unpaired) electrons. The molecule has 0 aliphatic heterocycles. The zero-order valence-electron chi connectivity index (χ0n) is 10.6. The molecular weight excluding hydrogens is 292 g/mol. The average molecular weight is 308 g/mol. The monoisotopic (exact) mass is 308 g/mol. The fraction of sp³-hybridized carbons (Fsp3) is 0.400. The Hall–Kier alpha value is -1.32. The summed E-state index contributed by atoms with van der Waals surface area (Å²) in [4.78, 5) is -0.201. The van der Waals surface area contributed by atoms with E-state index < -0.39 is 20.0 Å². The Labute approximate surface area is 112 Å². The zero-order chi connectivity index (χ0) is 14.7. The highest BCUT2D eigenvalue weighted by atomic mass is 32.2. The second-order valence-electron chi connectivity index (χ2n) is 3.83. The molecule has 0 heterocycles. The van der Waals surface area contributed by atoms with Gasteiger partial charge in [-0.05, 0) is 18.6 Å². The van der Waals surface area contributed by atoms with E-state index in [9.17, 15) is 16.8 Å². The molecule has 0 amide bonds. The lowest BCUT2D eigenvalue weighted by Gasteiger charge is -2.11. The van der Waals surface area contributed by atoms with Gasteiger partial charge in [0.15, 0.2) is 0 Å². The Morgan fingerprint density at radius 3 is 2.37 bits per heavy atom. The quantitative estimate of drug-likeness (QED) is 0.793. The SMILES string of the molecule is CCCS(=O)(=O)Nc1ccc(S(N)(=O)=O)c(OC)c1. The van der Waals surface area contributed by atoms with Crippen molar-refractivity contribution >= 4 is 25.7 Å². The van der Waals surface area contributed by atoms with Gasteiger partial charge in [0.1, 0.15) is 10.6 Å². The third-order valence-corrected chi connectivity index (χ3v) is 4.66. The molecule has 0 bridgehead atoms. The largest absolute Gasteiger partial charge is 0.495 e. The lowest BCUT2D eigenvalue weighted by atomic mass is 10.3. The van der Waals surface area contributed by atoms with Crippen LogP contribution in [-0.4, -0.2) is 29.7 Å². The smallest absolute Gasteiger partial charge is 0.241 e. The Morgan fingerprint density at radius 1 is 1.26 bits per heavy atom. The van der Waals surface area contributed by atoms with Crippen molar-refractivity contribution in [3.63, 3.8) is 0 Å². The van der Waals surface area contributed by atoms with E-state index in [1.54, 1.807) is 6.92 Å². The van der Waals surface area contributed by atoms with E-state index in [1.807, 2.05) is 0 Å². The molecule has 0 saturated heterocycles. The zero-order valence-corrected chi connectivity index (χ0v) is 12.2. The first kappa shape index (κ1) is 15.7. The fourth-order valence-corrected chi connectivity index (χ4v) is 3.27. The van der Waals surface area contributed by atoms with Gasteiger partial charge in [0.25, 0.3) is 0 Å². The summed E-state index contributed by atoms with van der Waals surface area (Å²) in [6.07, 6.45) is 0.474. The van der Waals surface area contributed by atoms with E-state index >= 15 is 0 Å². The predicted molar refractivity (Wildman–Crippen MR) is 72.1 cm³/mol. The Balaban J connectivity index is 3.15. The molecule has 1 rings (SSSR count). The summed E-state index contributed by atoms with van der Waals surface area (Å²) in [5, 5.41) is 5.01. The van der Waals surface area contributed by atoms with Crippen molar-refractivity contribution in [1.82, 2.24) is 0 Å². The molecule has 1 aromatic carbocycles. The summed E-state index contributed by atoms with van der Waals surface area (Å²) in [6.45, 7) is 1.74. The van der Waals surface area contributed by atoms with E-state index in [4.69, 9.17) is 9.88 Å². The van der Waals surface area contributed by atoms with Crippen LogP contribution in [0.25, 0.3) is 0 Å². The minimum Gasteiger partial charge on any atom is -0.495 e. The third kappa shape index (κ3) is 4.37. The van der Waals surface area contributed by atoms with Gasteiger partial charge in [0.2, 0.25) is 20.0 Å². The minimum atomic E-state index is -3.92. The molecule has 0 aliphatic carbocycles. The van der Waals surface area contributed by atoms with Crippen molar-refractivity contribution in [2.75, 3.05) is 17.6 Å². The van der Waals surface area contributed by atoms with Crippen LogP contribution in [-0.2, 0) is 20.0 Å². The molecule has 0 atom stereocenters. The summed E-state index contributed by atoms with van der Waals surface area (Å²) in [6, 6.07) is 3.78. The number of methoxy groups -OCH3 is 1. The van der Waals surface area contributed by atoms with Gasteiger partial charge in [-0.2, -0.15) is 0 Å². The minimum absolute atomic E-state index is 0.0146. The number of nitrogens with one attached hydrogen (secondary N) is 1. The van der Waals surface area contributed by atoms with Crippen LogP contribution in [0.2, 0.25) is 0 Å². The molecule has 0 spiro atoms. The lowest BCUT2D eigenvalue weighted by molar-refractivity contribution is 0.403. The van der Waals surface area contributed by atoms with Crippen molar-refractivity contribution in [1.29, 1.82) is 0 Å². The van der Waals surface area contributed by atoms with Crippen LogP contribution < -0.4 is 14.6 Å². The van der Waals surface area contributed by atoms with E-state index in [1.165, 1.54) is 25.3 Å². The Bertz CT molecular complexity index is 652. The van der Waals surface area contributed by atoms with Gasteiger partial charge in [-0.1, -0.05) is 6.92 Å². The number of ether oxygens (including phenoxy) is 1. The maximum Gasteiger partial charge on any atom is 0.241 e. The van der Waals surface area contributed by atoms with Gasteiger partial charge in [-0.3, -0.25) is 4.72 Å². The van der Waals surface area contributed by atoms with Crippen LogP contribution >= 0.6 is 0 Å². The summed E-state index contributed by atoms with van der Waals surface area (Å²) < 4.78 is 52.9. The molecule has 0 aromatic heterocycles. The first-order chi connectivity index (χ1) is 8.69. The molecule has 19 heavy (non-hydrogen) atoms. The number of primary sulfonamides is 1. The highest BCUT2D eigenvalue weighted by Crippen LogP contribution is 2.26.